The summed E-state index contributed by atoms with van der Waals surface area (Å²) in [4.78, 5) is 13.7. The molecule has 0 fully saturated rings. The molecule has 1 amide bonds. The minimum Gasteiger partial charge on any atom is -0.320 e. The van der Waals surface area contributed by atoms with E-state index in [2.05, 4.69) is 4.99 Å². The Labute approximate surface area is 46.9 Å². The Hall–Kier alpha value is -0.960. The molecule has 1 rings (SSSR count). The van der Waals surface area contributed by atoms with E-state index in [4.69, 9.17) is 5.73 Å². The molecule has 0 saturated carbocycles. The summed E-state index contributed by atoms with van der Waals surface area (Å²) in [7, 11) is 0. The summed E-state index contributed by atoms with van der Waals surface area (Å²) in [5, 5.41) is 0. The van der Waals surface area contributed by atoms with E-state index in [0.717, 1.165) is 0 Å². The van der Waals surface area contributed by atoms with Crippen LogP contribution in [0.4, 0.5) is 0 Å². The molecule has 1 unspecified atom stereocenters. The summed E-state index contributed by atoms with van der Waals surface area (Å²) in [5.74, 6) is -0.230. The fourth-order valence-electron chi connectivity index (χ4n) is 0.446. The molecular formula is C5H6N2O. The van der Waals surface area contributed by atoms with Crippen molar-refractivity contribution in [2.75, 3.05) is 0 Å². The van der Waals surface area contributed by atoms with Gasteiger partial charge in [-0.25, -0.2) is 4.99 Å². The van der Waals surface area contributed by atoms with Gasteiger partial charge in [-0.3, -0.25) is 4.79 Å². The van der Waals surface area contributed by atoms with Crippen molar-refractivity contribution < 1.29 is 4.79 Å². The SMILES string of the molecule is NC1C=CC(=O)N=C1. The van der Waals surface area contributed by atoms with Crippen molar-refractivity contribution in [2.24, 2.45) is 10.7 Å². The molecule has 0 aromatic rings. The molecule has 42 valence electrons. The van der Waals surface area contributed by atoms with Crippen LogP contribution in [0.15, 0.2) is 17.1 Å². The molecule has 0 saturated heterocycles. The Balaban J connectivity index is 2.68. The van der Waals surface area contributed by atoms with E-state index in [1.54, 1.807) is 6.08 Å². The molecule has 0 radical (unpaired) electrons. The molecule has 1 aliphatic heterocycles. The van der Waals surface area contributed by atoms with Crippen LogP contribution in [-0.4, -0.2) is 18.2 Å². The Morgan fingerprint density at radius 3 is 2.88 bits per heavy atom. The minimum atomic E-state index is -0.230. The lowest BCUT2D eigenvalue weighted by molar-refractivity contribution is -0.113. The first-order valence-electron chi connectivity index (χ1n) is 2.31. The van der Waals surface area contributed by atoms with Crippen LogP contribution in [0, 0.1) is 0 Å². The maximum atomic E-state index is 10.3. The highest BCUT2D eigenvalue weighted by atomic mass is 16.1. The van der Waals surface area contributed by atoms with E-state index in [1.165, 1.54) is 12.3 Å². The summed E-state index contributed by atoms with van der Waals surface area (Å²) in [5.41, 5.74) is 5.31. The van der Waals surface area contributed by atoms with E-state index in [0.29, 0.717) is 0 Å². The zero-order chi connectivity index (χ0) is 5.98. The van der Waals surface area contributed by atoms with Crippen LogP contribution in [0.2, 0.25) is 0 Å². The van der Waals surface area contributed by atoms with Crippen LogP contribution in [-0.2, 0) is 4.79 Å². The summed E-state index contributed by atoms with van der Waals surface area (Å²) in [6.07, 6.45) is 4.39. The van der Waals surface area contributed by atoms with Crippen LogP contribution in [0.5, 0.6) is 0 Å². The minimum absolute atomic E-state index is 0.173. The first-order valence-corrected chi connectivity index (χ1v) is 2.31. The number of amides is 1. The molecule has 8 heavy (non-hydrogen) atoms. The van der Waals surface area contributed by atoms with Crippen molar-refractivity contribution in [1.82, 2.24) is 0 Å². The fraction of sp³-hybridized carbons (Fsp3) is 0.200. The highest BCUT2D eigenvalue weighted by Gasteiger charge is 1.99. The Bertz CT molecular complexity index is 144. The van der Waals surface area contributed by atoms with Gasteiger partial charge in [0.25, 0.3) is 5.91 Å². The van der Waals surface area contributed by atoms with E-state index >= 15 is 0 Å². The normalized spacial score (nSPS) is 26.6. The first kappa shape index (κ1) is 5.18. The van der Waals surface area contributed by atoms with Gasteiger partial charge in [-0.15, -0.1) is 0 Å². The quantitative estimate of drug-likeness (QED) is 0.456. The second-order valence-corrected chi connectivity index (χ2v) is 1.55. The molecule has 0 spiro atoms. The number of rotatable bonds is 0. The third kappa shape index (κ3) is 1.01. The van der Waals surface area contributed by atoms with E-state index in [9.17, 15) is 4.79 Å². The van der Waals surface area contributed by atoms with Gasteiger partial charge in [0.15, 0.2) is 0 Å². The van der Waals surface area contributed by atoms with Gasteiger partial charge in [-0.2, -0.15) is 0 Å². The van der Waals surface area contributed by atoms with Crippen molar-refractivity contribution >= 4 is 12.1 Å². The first-order chi connectivity index (χ1) is 3.79. The second kappa shape index (κ2) is 1.88. The van der Waals surface area contributed by atoms with E-state index in [-0.39, 0.29) is 11.9 Å². The molecule has 3 nitrogen and oxygen atoms in total. The van der Waals surface area contributed by atoms with Gasteiger partial charge in [-0.1, -0.05) is 6.08 Å². The Morgan fingerprint density at radius 1 is 1.75 bits per heavy atom. The van der Waals surface area contributed by atoms with Crippen molar-refractivity contribution in [3.63, 3.8) is 0 Å². The molecule has 0 bridgehead atoms. The standard InChI is InChI=1S/C5H6N2O/c6-4-1-2-5(8)7-3-4/h1-4H,6H2. The van der Waals surface area contributed by atoms with E-state index in [1.807, 2.05) is 0 Å². The largest absolute Gasteiger partial charge is 0.320 e. The van der Waals surface area contributed by atoms with Gasteiger partial charge in [0, 0.05) is 12.3 Å². The van der Waals surface area contributed by atoms with Gasteiger partial charge in [0.05, 0.1) is 6.04 Å². The number of aliphatic imine (C=N–C) groups is 1. The number of carbonyl (C=O) groups is 1. The lowest BCUT2D eigenvalue weighted by Gasteiger charge is -1.98. The van der Waals surface area contributed by atoms with Crippen LogP contribution in [0.3, 0.4) is 0 Å². The van der Waals surface area contributed by atoms with Crippen molar-refractivity contribution in [3.05, 3.63) is 12.2 Å². The fourth-order valence-corrected chi connectivity index (χ4v) is 0.446. The zero-order valence-corrected chi connectivity index (χ0v) is 4.24. The van der Waals surface area contributed by atoms with Gasteiger partial charge >= 0.3 is 0 Å². The topological polar surface area (TPSA) is 55.5 Å². The number of hydrogen-bond acceptors (Lipinski definition) is 2. The zero-order valence-electron chi connectivity index (χ0n) is 4.24. The summed E-state index contributed by atoms with van der Waals surface area (Å²) in [6, 6.07) is -0.173. The number of nitrogens with zero attached hydrogens (tertiary/aromatic N) is 1. The number of carbonyl (C=O) groups excluding carboxylic acids is 1. The maximum absolute atomic E-state index is 10.3. The van der Waals surface area contributed by atoms with Gasteiger partial charge in [0.2, 0.25) is 0 Å². The van der Waals surface area contributed by atoms with E-state index < -0.39 is 0 Å². The molecule has 1 atom stereocenters. The van der Waals surface area contributed by atoms with Crippen LogP contribution >= 0.6 is 0 Å². The lowest BCUT2D eigenvalue weighted by Crippen LogP contribution is -2.21. The molecular weight excluding hydrogens is 104 g/mol. The molecule has 2 N–H and O–H groups in total. The summed E-state index contributed by atoms with van der Waals surface area (Å²) in [6.45, 7) is 0. The molecule has 0 aromatic heterocycles. The van der Waals surface area contributed by atoms with Gasteiger partial charge in [0.1, 0.15) is 0 Å². The average Bonchev–Trinajstić information content (AvgIpc) is 1.77. The number of dihydropyridines is 1. The summed E-state index contributed by atoms with van der Waals surface area (Å²) < 4.78 is 0. The Morgan fingerprint density at radius 2 is 2.50 bits per heavy atom. The molecule has 0 aromatic carbocycles. The smallest absolute Gasteiger partial charge is 0.269 e. The Kier molecular flexibility index (Phi) is 1.22. The predicted molar refractivity (Wildman–Crippen MR) is 30.6 cm³/mol. The third-order valence-electron chi connectivity index (χ3n) is 0.835. The van der Waals surface area contributed by atoms with Crippen LogP contribution in [0.1, 0.15) is 0 Å². The van der Waals surface area contributed by atoms with Crippen LogP contribution < -0.4 is 5.73 Å². The second-order valence-electron chi connectivity index (χ2n) is 1.55. The van der Waals surface area contributed by atoms with Crippen molar-refractivity contribution in [1.29, 1.82) is 0 Å². The van der Waals surface area contributed by atoms with Crippen molar-refractivity contribution in [3.8, 4) is 0 Å². The third-order valence-corrected chi connectivity index (χ3v) is 0.835. The molecule has 3 heteroatoms. The highest BCUT2D eigenvalue weighted by Crippen LogP contribution is 1.88. The van der Waals surface area contributed by atoms with Crippen molar-refractivity contribution in [2.45, 2.75) is 6.04 Å². The average molecular weight is 110 g/mol. The monoisotopic (exact) mass is 110 g/mol. The molecule has 0 aliphatic carbocycles. The summed E-state index contributed by atoms with van der Waals surface area (Å²) >= 11 is 0. The van der Waals surface area contributed by atoms with Gasteiger partial charge < -0.3 is 5.73 Å². The van der Waals surface area contributed by atoms with Gasteiger partial charge in [-0.05, 0) is 0 Å². The lowest BCUT2D eigenvalue weighted by atomic mass is 10.2. The predicted octanol–water partition coefficient (Wildman–Crippen LogP) is -0.519. The highest BCUT2D eigenvalue weighted by molar-refractivity contribution is 5.97. The maximum Gasteiger partial charge on any atom is 0.269 e. The number of nitrogens with two attached hydrogens (primary N) is 1. The van der Waals surface area contributed by atoms with Crippen LogP contribution in [0.25, 0.3) is 0 Å². The number of hydrogen-bond donors (Lipinski definition) is 1. The molecule has 1 heterocycles. The molecule has 1 aliphatic rings.